The average molecular weight is 576 g/mol. The Morgan fingerprint density at radius 1 is 1.32 bits per heavy atom. The molecule has 200 valence electrons. The minimum Gasteiger partial charge on any atom is -0.543 e. The SMILES string of the molecule is CC/C=C(\C(=O)N[C@@H]1C(=O)N2C(C(=O)[O-])=C(COC(N)=O)CS[C@H]12)c1csc(NC(=O)OC(C)(C)C)n1.[Na+]. The van der Waals surface area contributed by atoms with E-state index in [9.17, 15) is 29.1 Å². The fourth-order valence-electron chi connectivity index (χ4n) is 3.52. The molecule has 2 aliphatic rings. The normalized spacial score (nSPS) is 19.0. The summed E-state index contributed by atoms with van der Waals surface area (Å²) in [5, 5.41) is 18.0. The summed E-state index contributed by atoms with van der Waals surface area (Å²) in [6.45, 7) is 6.59. The van der Waals surface area contributed by atoms with Crippen LogP contribution in [0.5, 0.6) is 0 Å². The molecule has 0 saturated carbocycles. The largest absolute Gasteiger partial charge is 1.00 e. The molecule has 16 heteroatoms. The monoisotopic (exact) mass is 575 g/mol. The summed E-state index contributed by atoms with van der Waals surface area (Å²) in [5.74, 6) is -2.72. The van der Waals surface area contributed by atoms with E-state index in [-0.39, 0.29) is 57.3 Å². The van der Waals surface area contributed by atoms with Crippen molar-refractivity contribution in [2.75, 3.05) is 17.7 Å². The molecule has 1 aromatic heterocycles. The Morgan fingerprint density at radius 2 is 2.00 bits per heavy atom. The molecule has 38 heavy (non-hydrogen) atoms. The number of amides is 4. The number of β-lactam (4-membered cyclic amide) rings is 1. The second-order valence-electron chi connectivity index (χ2n) is 8.90. The number of nitrogens with two attached hydrogens (primary N) is 1. The number of hydrogen-bond donors (Lipinski definition) is 3. The summed E-state index contributed by atoms with van der Waals surface area (Å²) in [6.07, 6.45) is 0.339. The molecule has 4 N–H and O–H groups in total. The first-order valence-corrected chi connectivity index (χ1v) is 13.0. The average Bonchev–Trinajstić information content (AvgIpc) is 3.24. The van der Waals surface area contributed by atoms with E-state index >= 15 is 0 Å². The van der Waals surface area contributed by atoms with Crippen molar-refractivity contribution >= 4 is 63.8 Å². The van der Waals surface area contributed by atoms with Crippen LogP contribution in [0.15, 0.2) is 22.7 Å². The van der Waals surface area contributed by atoms with Crippen LogP contribution in [0.3, 0.4) is 0 Å². The molecule has 3 rings (SSSR count). The number of carbonyl (C=O) groups excluding carboxylic acids is 5. The van der Waals surface area contributed by atoms with Gasteiger partial charge in [0.1, 0.15) is 23.6 Å². The molecule has 4 amide bonds. The Hall–Kier alpha value is -2.59. The Labute approximate surface area is 248 Å². The summed E-state index contributed by atoms with van der Waals surface area (Å²) in [4.78, 5) is 65.9. The number of thioether (sulfide) groups is 1. The van der Waals surface area contributed by atoms with Crippen LogP contribution in [0.1, 0.15) is 39.8 Å². The van der Waals surface area contributed by atoms with Crippen LogP contribution in [-0.4, -0.2) is 69.2 Å². The number of nitrogens with zero attached hydrogens (tertiary/aromatic N) is 2. The first kappa shape index (κ1) is 31.6. The van der Waals surface area contributed by atoms with Crippen molar-refractivity contribution < 1.29 is 68.1 Å². The molecule has 0 aromatic carbocycles. The van der Waals surface area contributed by atoms with Crippen LogP contribution in [0.25, 0.3) is 5.57 Å². The van der Waals surface area contributed by atoms with Gasteiger partial charge in [0.15, 0.2) is 5.13 Å². The third kappa shape index (κ3) is 7.50. The van der Waals surface area contributed by atoms with E-state index < -0.39 is 59.3 Å². The number of carboxylic acid groups (broad SMARTS) is 1. The van der Waals surface area contributed by atoms with Gasteiger partial charge in [-0.15, -0.1) is 23.1 Å². The van der Waals surface area contributed by atoms with Crippen molar-refractivity contribution in [2.45, 2.75) is 51.1 Å². The molecule has 3 heterocycles. The second-order valence-corrected chi connectivity index (χ2v) is 10.9. The molecule has 2 aliphatic heterocycles. The fourth-order valence-corrected chi connectivity index (χ4v) is 5.55. The first-order chi connectivity index (χ1) is 17.3. The topological polar surface area (TPSA) is 193 Å². The summed E-state index contributed by atoms with van der Waals surface area (Å²) >= 11 is 2.30. The Balaban J connectivity index is 0.00000507. The Bertz CT molecular complexity index is 1190. The van der Waals surface area contributed by atoms with E-state index in [4.69, 9.17) is 10.5 Å². The molecule has 13 nitrogen and oxygen atoms in total. The number of rotatable bonds is 8. The number of fused-ring (bicyclic) bond motifs is 1. The molecule has 1 saturated heterocycles. The maximum Gasteiger partial charge on any atom is 1.00 e. The van der Waals surface area contributed by atoms with Gasteiger partial charge in [-0.05, 0) is 27.2 Å². The minimum absolute atomic E-state index is 0. The number of thiazole rings is 1. The standard InChI is InChI=1S/C22H27N5O8S2.Na/c1-5-6-11(12-9-37-20(24-12)26-21(33)35-22(2,3)4)15(28)25-13-16(29)27-14(18(30)31)10(7-34-19(23)32)8-36-17(13)27;/h6,9,13,17H,5,7-8H2,1-4H3,(H2,23,32)(H,25,28)(H,30,31)(H,24,26,33);/q;+1/p-1/b11-6-;/t13-,17-;/m1./s1. The van der Waals surface area contributed by atoms with Crippen molar-refractivity contribution in [2.24, 2.45) is 5.73 Å². The number of hydrogen-bond acceptors (Lipinski definition) is 11. The van der Waals surface area contributed by atoms with Crippen molar-refractivity contribution in [3.63, 3.8) is 0 Å². The number of nitrogens with one attached hydrogen (secondary N) is 2. The van der Waals surface area contributed by atoms with Crippen molar-refractivity contribution in [3.8, 4) is 0 Å². The zero-order valence-corrected chi connectivity index (χ0v) is 25.1. The van der Waals surface area contributed by atoms with Crippen molar-refractivity contribution in [1.82, 2.24) is 15.2 Å². The van der Waals surface area contributed by atoms with Crippen LogP contribution in [0.4, 0.5) is 14.7 Å². The van der Waals surface area contributed by atoms with Crippen molar-refractivity contribution in [3.05, 3.63) is 28.4 Å². The van der Waals surface area contributed by atoms with Gasteiger partial charge in [-0.1, -0.05) is 13.0 Å². The van der Waals surface area contributed by atoms with Gasteiger partial charge in [0.25, 0.3) is 11.8 Å². The molecule has 0 aliphatic carbocycles. The van der Waals surface area contributed by atoms with Crippen LogP contribution in [0.2, 0.25) is 0 Å². The number of allylic oxidation sites excluding steroid dienone is 1. The van der Waals surface area contributed by atoms with E-state index in [1.807, 2.05) is 6.92 Å². The number of aromatic nitrogens is 1. The van der Waals surface area contributed by atoms with E-state index in [2.05, 4.69) is 20.4 Å². The molecule has 2 atom stereocenters. The summed E-state index contributed by atoms with van der Waals surface area (Å²) in [5.41, 5.74) is 4.49. The number of anilines is 1. The van der Waals surface area contributed by atoms with Crippen LogP contribution >= 0.6 is 23.1 Å². The molecular weight excluding hydrogens is 549 g/mol. The van der Waals surface area contributed by atoms with Gasteiger partial charge in [-0.3, -0.25) is 19.8 Å². The molecule has 1 aromatic rings. The fraction of sp³-hybridized carbons (Fsp3) is 0.455. The number of carbonyl (C=O) groups is 5. The van der Waals surface area contributed by atoms with Gasteiger partial charge in [0, 0.05) is 16.7 Å². The van der Waals surface area contributed by atoms with Gasteiger partial charge in [0.2, 0.25) is 0 Å². The summed E-state index contributed by atoms with van der Waals surface area (Å²) < 4.78 is 9.88. The molecule has 0 spiro atoms. The van der Waals surface area contributed by atoms with E-state index in [1.54, 1.807) is 32.2 Å². The summed E-state index contributed by atoms with van der Waals surface area (Å²) in [7, 11) is 0. The zero-order chi connectivity index (χ0) is 27.5. The second kappa shape index (κ2) is 13.0. The molecule has 0 unspecified atom stereocenters. The molecule has 0 bridgehead atoms. The predicted octanol–water partition coefficient (Wildman–Crippen LogP) is -2.21. The minimum atomic E-state index is -1.61. The summed E-state index contributed by atoms with van der Waals surface area (Å²) in [6, 6.07) is -0.997. The van der Waals surface area contributed by atoms with E-state index in [0.29, 0.717) is 6.42 Å². The van der Waals surface area contributed by atoms with Crippen LogP contribution in [-0.2, 0) is 23.9 Å². The van der Waals surface area contributed by atoms with Crippen LogP contribution in [0, 0.1) is 0 Å². The first-order valence-electron chi connectivity index (χ1n) is 11.1. The Kier molecular flexibility index (Phi) is 10.8. The zero-order valence-electron chi connectivity index (χ0n) is 21.5. The Morgan fingerprint density at radius 3 is 2.58 bits per heavy atom. The number of primary amides is 1. The van der Waals surface area contributed by atoms with Gasteiger partial charge in [0.05, 0.1) is 22.9 Å². The predicted molar refractivity (Wildman–Crippen MR) is 133 cm³/mol. The van der Waals surface area contributed by atoms with E-state index in [0.717, 1.165) is 16.2 Å². The van der Waals surface area contributed by atoms with Crippen LogP contribution < -0.4 is 51.0 Å². The van der Waals surface area contributed by atoms with Gasteiger partial charge in [-0.2, -0.15) is 0 Å². The van der Waals surface area contributed by atoms with E-state index in [1.165, 1.54) is 11.8 Å². The number of carboxylic acids is 1. The smallest absolute Gasteiger partial charge is 0.543 e. The van der Waals surface area contributed by atoms with Crippen molar-refractivity contribution in [1.29, 1.82) is 0 Å². The number of aliphatic carboxylic acids is 1. The molecular formula is C22H26N5NaO8S2. The maximum atomic E-state index is 13.1. The van der Waals surface area contributed by atoms with Gasteiger partial charge < -0.3 is 30.4 Å². The quantitative estimate of drug-likeness (QED) is 0.174. The number of ether oxygens (including phenoxy) is 2. The third-order valence-corrected chi connectivity index (χ3v) is 7.05. The molecule has 1 fully saturated rings. The van der Waals surface area contributed by atoms with Gasteiger partial charge >= 0.3 is 41.7 Å². The third-order valence-electron chi connectivity index (χ3n) is 4.96. The molecule has 0 radical (unpaired) electrons. The van der Waals surface area contributed by atoms with Gasteiger partial charge in [-0.25, -0.2) is 14.6 Å². The maximum absolute atomic E-state index is 13.1.